The number of hydrogen-bond acceptors (Lipinski definition) is 3. The smallest absolute Gasteiger partial charge is 0.417 e. The van der Waals surface area contributed by atoms with Gasteiger partial charge in [0.15, 0.2) is 5.11 Å². The van der Waals surface area contributed by atoms with Gasteiger partial charge >= 0.3 is 12.3 Å². The first-order chi connectivity index (χ1) is 11.7. The van der Waals surface area contributed by atoms with Crippen LogP contribution in [-0.4, -0.2) is 53.8 Å². The number of nitrogens with zero attached hydrogens (tertiary/aromatic N) is 2. The summed E-state index contributed by atoms with van der Waals surface area (Å²) in [5, 5.41) is 2.71. The number of amides is 1. The van der Waals surface area contributed by atoms with Crippen molar-refractivity contribution in [3.63, 3.8) is 0 Å². The number of thiocarbonyl (C=S) groups is 1. The summed E-state index contributed by atoms with van der Waals surface area (Å²) in [5.74, 6) is 0. The van der Waals surface area contributed by atoms with Gasteiger partial charge in [0.25, 0.3) is 0 Å². The van der Waals surface area contributed by atoms with E-state index in [-0.39, 0.29) is 16.8 Å². The molecule has 1 saturated heterocycles. The fourth-order valence-electron chi connectivity index (χ4n) is 2.33. The monoisotopic (exact) mass is 395 g/mol. The van der Waals surface area contributed by atoms with Gasteiger partial charge in [0.05, 0.1) is 17.2 Å². The zero-order valence-corrected chi connectivity index (χ0v) is 15.0. The number of piperazine rings is 1. The van der Waals surface area contributed by atoms with Crippen molar-refractivity contribution in [1.82, 2.24) is 9.80 Å². The average Bonchev–Trinajstić information content (AvgIpc) is 2.56. The first-order valence-corrected chi connectivity index (χ1v) is 8.35. The van der Waals surface area contributed by atoms with E-state index in [4.69, 9.17) is 28.6 Å². The SMILES string of the molecule is CCOC(=O)N1CCN(C(=S)Nc2ccc(Cl)c(C(F)(F)F)c2)CC1. The predicted octanol–water partition coefficient (Wildman–Crippen LogP) is 3.83. The van der Waals surface area contributed by atoms with Crippen LogP contribution in [-0.2, 0) is 10.9 Å². The van der Waals surface area contributed by atoms with E-state index in [0.717, 1.165) is 6.07 Å². The molecule has 138 valence electrons. The molecule has 1 N–H and O–H groups in total. The summed E-state index contributed by atoms with van der Waals surface area (Å²) in [6.07, 6.45) is -4.92. The van der Waals surface area contributed by atoms with Gasteiger partial charge in [0, 0.05) is 31.9 Å². The Labute approximate surface area is 153 Å². The van der Waals surface area contributed by atoms with E-state index < -0.39 is 11.7 Å². The minimum atomic E-state index is -4.54. The van der Waals surface area contributed by atoms with E-state index in [1.807, 2.05) is 0 Å². The molecule has 25 heavy (non-hydrogen) atoms. The molecule has 0 atom stereocenters. The molecule has 0 unspecified atom stereocenters. The summed E-state index contributed by atoms with van der Waals surface area (Å²) in [6, 6.07) is 3.52. The van der Waals surface area contributed by atoms with E-state index in [1.165, 1.54) is 12.1 Å². The van der Waals surface area contributed by atoms with Crippen molar-refractivity contribution in [2.24, 2.45) is 0 Å². The molecule has 0 saturated carbocycles. The molecule has 5 nitrogen and oxygen atoms in total. The second kappa shape index (κ2) is 8.09. The van der Waals surface area contributed by atoms with Crippen molar-refractivity contribution in [1.29, 1.82) is 0 Å². The van der Waals surface area contributed by atoms with Crippen LogP contribution in [0.4, 0.5) is 23.7 Å². The molecular formula is C15H17ClF3N3O2S. The Bertz CT molecular complexity index is 649. The second-order valence-electron chi connectivity index (χ2n) is 5.30. The number of ether oxygens (including phenoxy) is 1. The van der Waals surface area contributed by atoms with Crippen LogP contribution in [0.2, 0.25) is 5.02 Å². The highest BCUT2D eigenvalue weighted by molar-refractivity contribution is 7.80. The molecule has 1 aromatic carbocycles. The highest BCUT2D eigenvalue weighted by atomic mass is 35.5. The van der Waals surface area contributed by atoms with Crippen LogP contribution in [0.3, 0.4) is 0 Å². The molecule has 1 aliphatic rings. The van der Waals surface area contributed by atoms with E-state index in [1.54, 1.807) is 16.7 Å². The van der Waals surface area contributed by atoms with Crippen LogP contribution >= 0.6 is 23.8 Å². The van der Waals surface area contributed by atoms with Gasteiger partial charge in [0.2, 0.25) is 0 Å². The molecule has 1 fully saturated rings. The lowest BCUT2D eigenvalue weighted by atomic mass is 10.2. The van der Waals surface area contributed by atoms with Crippen molar-refractivity contribution < 1.29 is 22.7 Å². The normalized spacial score (nSPS) is 15.1. The Balaban J connectivity index is 1.96. The summed E-state index contributed by atoms with van der Waals surface area (Å²) in [5.41, 5.74) is -0.719. The van der Waals surface area contributed by atoms with Crippen LogP contribution in [0.25, 0.3) is 0 Å². The lowest BCUT2D eigenvalue weighted by molar-refractivity contribution is -0.137. The summed E-state index contributed by atoms with van der Waals surface area (Å²) in [6.45, 7) is 3.81. The topological polar surface area (TPSA) is 44.8 Å². The highest BCUT2D eigenvalue weighted by Crippen LogP contribution is 2.36. The van der Waals surface area contributed by atoms with Crippen molar-refractivity contribution in [2.75, 3.05) is 38.1 Å². The van der Waals surface area contributed by atoms with Crippen LogP contribution in [0, 0.1) is 0 Å². The Morgan fingerprint density at radius 1 is 1.28 bits per heavy atom. The average molecular weight is 396 g/mol. The number of carbonyl (C=O) groups excluding carboxylic acids is 1. The zero-order chi connectivity index (χ0) is 18.6. The van der Waals surface area contributed by atoms with Crippen LogP contribution in [0.15, 0.2) is 18.2 Å². The largest absolute Gasteiger partial charge is 0.450 e. The number of benzene rings is 1. The molecule has 0 spiro atoms. The third-order valence-electron chi connectivity index (χ3n) is 3.62. The standard InChI is InChI=1S/C15H17ClF3N3O2S/c1-2-24-14(23)22-7-5-21(6-8-22)13(25)20-10-3-4-12(16)11(9-10)15(17,18)19/h3-4,9H,2,5-8H2,1H3,(H,20,25). The van der Waals surface area contributed by atoms with Crippen molar-refractivity contribution in [2.45, 2.75) is 13.1 Å². The summed E-state index contributed by atoms with van der Waals surface area (Å²) in [4.78, 5) is 15.0. The van der Waals surface area contributed by atoms with Gasteiger partial charge in [-0.1, -0.05) is 11.6 Å². The number of alkyl halides is 3. The van der Waals surface area contributed by atoms with E-state index in [2.05, 4.69) is 5.32 Å². The van der Waals surface area contributed by atoms with Gasteiger partial charge in [-0.3, -0.25) is 0 Å². The van der Waals surface area contributed by atoms with Gasteiger partial charge in [0.1, 0.15) is 0 Å². The molecule has 1 amide bonds. The molecule has 0 radical (unpaired) electrons. The van der Waals surface area contributed by atoms with Gasteiger partial charge in [-0.15, -0.1) is 0 Å². The Kier molecular flexibility index (Phi) is 6.34. The Morgan fingerprint density at radius 3 is 2.44 bits per heavy atom. The Hall–Kier alpha value is -1.74. The fourth-order valence-corrected chi connectivity index (χ4v) is 2.85. The van der Waals surface area contributed by atoms with E-state index in [9.17, 15) is 18.0 Å². The van der Waals surface area contributed by atoms with Gasteiger partial charge in [-0.05, 0) is 37.3 Å². The van der Waals surface area contributed by atoms with Gasteiger partial charge < -0.3 is 19.9 Å². The molecule has 1 heterocycles. The molecular weight excluding hydrogens is 379 g/mol. The number of rotatable bonds is 2. The first-order valence-electron chi connectivity index (χ1n) is 7.56. The lowest BCUT2D eigenvalue weighted by Gasteiger charge is -2.35. The summed E-state index contributed by atoms with van der Waals surface area (Å²) < 4.78 is 43.6. The van der Waals surface area contributed by atoms with E-state index in [0.29, 0.717) is 37.9 Å². The summed E-state index contributed by atoms with van der Waals surface area (Å²) in [7, 11) is 0. The third kappa shape index (κ3) is 5.12. The maximum Gasteiger partial charge on any atom is 0.417 e. The molecule has 2 rings (SSSR count). The molecule has 1 aromatic rings. The number of nitrogens with one attached hydrogen (secondary N) is 1. The third-order valence-corrected chi connectivity index (χ3v) is 4.31. The maximum atomic E-state index is 12.9. The van der Waals surface area contributed by atoms with E-state index >= 15 is 0 Å². The van der Waals surface area contributed by atoms with Gasteiger partial charge in [-0.2, -0.15) is 13.2 Å². The molecule has 0 bridgehead atoms. The predicted molar refractivity (Wildman–Crippen MR) is 92.8 cm³/mol. The highest BCUT2D eigenvalue weighted by Gasteiger charge is 2.33. The molecule has 1 aliphatic heterocycles. The molecule has 0 aliphatic carbocycles. The lowest BCUT2D eigenvalue weighted by Crippen LogP contribution is -2.51. The van der Waals surface area contributed by atoms with Crippen molar-refractivity contribution >= 4 is 40.7 Å². The van der Waals surface area contributed by atoms with Crippen molar-refractivity contribution in [3.05, 3.63) is 28.8 Å². The maximum absolute atomic E-state index is 12.9. The van der Waals surface area contributed by atoms with Crippen LogP contribution in [0.1, 0.15) is 12.5 Å². The number of hydrogen-bond donors (Lipinski definition) is 1. The number of carbonyl (C=O) groups is 1. The van der Waals surface area contributed by atoms with Gasteiger partial charge in [-0.25, -0.2) is 4.79 Å². The number of anilines is 1. The zero-order valence-electron chi connectivity index (χ0n) is 13.4. The molecule has 0 aromatic heterocycles. The minimum absolute atomic E-state index is 0.203. The summed E-state index contributed by atoms with van der Waals surface area (Å²) >= 11 is 10.8. The Morgan fingerprint density at radius 2 is 1.88 bits per heavy atom. The molecule has 10 heteroatoms. The fraction of sp³-hybridized carbons (Fsp3) is 0.467. The van der Waals surface area contributed by atoms with Crippen LogP contribution < -0.4 is 5.32 Å². The first kappa shape index (κ1) is 19.6. The van der Waals surface area contributed by atoms with Crippen molar-refractivity contribution in [3.8, 4) is 0 Å². The van der Waals surface area contributed by atoms with Crippen LogP contribution in [0.5, 0.6) is 0 Å². The quantitative estimate of drug-likeness (QED) is 0.771. The number of halogens is 4. The minimum Gasteiger partial charge on any atom is -0.450 e. The second-order valence-corrected chi connectivity index (χ2v) is 6.09.